The molecule has 0 bridgehead atoms. The third kappa shape index (κ3) is 6.18. The van der Waals surface area contributed by atoms with Crippen LogP contribution in [-0.4, -0.2) is 30.2 Å². The summed E-state index contributed by atoms with van der Waals surface area (Å²) < 4.78 is 8.19. The minimum Gasteiger partial charge on any atom is -0.457 e. The second-order valence-electron chi connectivity index (χ2n) is 8.58. The number of H-pyrrole nitrogens is 1. The second-order valence-corrected chi connectivity index (χ2v) is 9.43. The van der Waals surface area contributed by atoms with Gasteiger partial charge in [0.05, 0.1) is 10.7 Å². The number of aromatic amines is 1. The largest absolute Gasteiger partial charge is 0.457 e. The fraction of sp³-hybridized carbons (Fsp3) is 0.179. The van der Waals surface area contributed by atoms with Crippen LogP contribution < -0.4 is 4.74 Å². The van der Waals surface area contributed by atoms with Crippen molar-refractivity contribution in [1.82, 2.24) is 30.2 Å². The zero-order valence-electron chi connectivity index (χ0n) is 20.2. The molecule has 0 saturated heterocycles. The molecule has 187 valence electrons. The van der Waals surface area contributed by atoms with E-state index in [-0.39, 0.29) is 0 Å². The fourth-order valence-electron chi connectivity index (χ4n) is 3.93. The molecule has 0 aliphatic rings. The molecule has 3 aromatic carbocycles. The predicted octanol–water partition coefficient (Wildman–Crippen LogP) is 7.42. The van der Waals surface area contributed by atoms with E-state index in [4.69, 9.17) is 32.9 Å². The summed E-state index contributed by atoms with van der Waals surface area (Å²) in [4.78, 5) is 4.88. The number of aromatic nitrogens is 6. The minimum atomic E-state index is 0.597. The van der Waals surface area contributed by atoms with E-state index in [0.717, 1.165) is 65.5 Å². The van der Waals surface area contributed by atoms with Crippen molar-refractivity contribution in [3.05, 3.63) is 101 Å². The van der Waals surface area contributed by atoms with Gasteiger partial charge in [0.2, 0.25) is 0 Å². The molecule has 0 saturated carbocycles. The molecule has 0 aliphatic carbocycles. The van der Waals surface area contributed by atoms with Crippen LogP contribution in [0.25, 0.3) is 22.6 Å². The standard InChI is InChI=1S/C28H25Cl2N6O/c1-2-3-16-36-18-26(24-14-9-21(29)17-25(24)30)31-27(36)15-6-19-4-10-22(11-5-19)37-23-12-7-20(8-13-23)28-32-34-35-33-28/h4-5,7-15,17-18H,2-3,6,16H2,1H3,(H,32,33,34,35). The van der Waals surface area contributed by atoms with Gasteiger partial charge in [0.15, 0.2) is 5.82 Å². The average Bonchev–Trinajstić information content (AvgIpc) is 3.58. The quantitative estimate of drug-likeness (QED) is 0.202. The molecule has 2 aromatic heterocycles. The summed E-state index contributed by atoms with van der Waals surface area (Å²) in [5, 5.41) is 15.1. The monoisotopic (exact) mass is 531 g/mol. The molecule has 5 aromatic rings. The fourth-order valence-corrected chi connectivity index (χ4v) is 4.43. The summed E-state index contributed by atoms with van der Waals surface area (Å²) in [7, 11) is 0. The zero-order valence-corrected chi connectivity index (χ0v) is 21.7. The van der Waals surface area contributed by atoms with Gasteiger partial charge in [-0.15, -0.1) is 5.10 Å². The van der Waals surface area contributed by atoms with E-state index in [1.54, 1.807) is 6.07 Å². The van der Waals surface area contributed by atoms with Gasteiger partial charge in [-0.25, -0.2) is 10.1 Å². The van der Waals surface area contributed by atoms with Gasteiger partial charge in [-0.05, 0) is 83.4 Å². The molecular weight excluding hydrogens is 507 g/mol. The van der Waals surface area contributed by atoms with E-state index in [2.05, 4.69) is 56.9 Å². The number of aryl methyl sites for hydroxylation is 1. The number of nitrogens with one attached hydrogen (secondary N) is 1. The number of ether oxygens (including phenoxy) is 1. The highest BCUT2D eigenvalue weighted by Gasteiger charge is 2.13. The van der Waals surface area contributed by atoms with Crippen LogP contribution in [-0.2, 0) is 13.0 Å². The van der Waals surface area contributed by atoms with Crippen LogP contribution in [0.2, 0.25) is 10.0 Å². The average molecular weight is 532 g/mol. The maximum atomic E-state index is 6.44. The third-order valence-electron chi connectivity index (χ3n) is 5.92. The lowest BCUT2D eigenvalue weighted by atomic mass is 10.1. The summed E-state index contributed by atoms with van der Waals surface area (Å²) >= 11 is 12.5. The number of tetrazole rings is 1. The van der Waals surface area contributed by atoms with E-state index in [0.29, 0.717) is 15.9 Å². The SMILES string of the molecule is CCCCn1cc(-c2ccc(Cl)cc2Cl)nc1[CH]Cc1ccc(Oc2ccc(-c3nnn[nH]3)cc2)cc1. The summed E-state index contributed by atoms with van der Waals surface area (Å²) in [6, 6.07) is 21.2. The normalized spacial score (nSPS) is 11.1. The molecule has 0 atom stereocenters. The van der Waals surface area contributed by atoms with Crippen molar-refractivity contribution < 1.29 is 4.74 Å². The van der Waals surface area contributed by atoms with Gasteiger partial charge in [-0.1, -0.05) is 48.7 Å². The zero-order chi connectivity index (χ0) is 25.6. The van der Waals surface area contributed by atoms with Gasteiger partial charge in [-0.3, -0.25) is 0 Å². The van der Waals surface area contributed by atoms with Crippen molar-refractivity contribution >= 4 is 23.2 Å². The van der Waals surface area contributed by atoms with Crippen LogP contribution in [0.4, 0.5) is 0 Å². The Hall–Kier alpha value is -3.68. The lowest BCUT2D eigenvalue weighted by Crippen LogP contribution is -2.03. The predicted molar refractivity (Wildman–Crippen MR) is 146 cm³/mol. The first-order chi connectivity index (χ1) is 18.1. The highest BCUT2D eigenvalue weighted by atomic mass is 35.5. The van der Waals surface area contributed by atoms with Crippen molar-refractivity contribution in [2.75, 3.05) is 0 Å². The summed E-state index contributed by atoms with van der Waals surface area (Å²) in [5.41, 5.74) is 3.78. The first kappa shape index (κ1) is 25.0. The van der Waals surface area contributed by atoms with Crippen LogP contribution in [0.3, 0.4) is 0 Å². The number of unbranched alkanes of at least 4 members (excludes halogenated alkanes) is 1. The number of imidazole rings is 1. The van der Waals surface area contributed by atoms with Gasteiger partial charge in [0.25, 0.3) is 0 Å². The number of benzene rings is 3. The Morgan fingerprint density at radius 1 is 0.973 bits per heavy atom. The minimum absolute atomic E-state index is 0.597. The molecule has 2 heterocycles. The third-order valence-corrected chi connectivity index (χ3v) is 6.47. The van der Waals surface area contributed by atoms with E-state index in [1.165, 1.54) is 0 Å². The molecule has 1 N–H and O–H groups in total. The van der Waals surface area contributed by atoms with Crippen molar-refractivity contribution in [2.45, 2.75) is 32.7 Å². The topological polar surface area (TPSA) is 81.5 Å². The Bertz CT molecular complexity index is 1450. The van der Waals surface area contributed by atoms with E-state index in [1.807, 2.05) is 48.5 Å². The van der Waals surface area contributed by atoms with Gasteiger partial charge in [-0.2, -0.15) is 0 Å². The Labute approximate surface area is 225 Å². The lowest BCUT2D eigenvalue weighted by Gasteiger charge is -2.08. The molecule has 0 spiro atoms. The maximum absolute atomic E-state index is 6.44. The van der Waals surface area contributed by atoms with Crippen LogP contribution in [0.5, 0.6) is 11.5 Å². The summed E-state index contributed by atoms with van der Waals surface area (Å²) in [6.07, 6.45) is 7.15. The highest BCUT2D eigenvalue weighted by Crippen LogP contribution is 2.31. The Morgan fingerprint density at radius 2 is 1.73 bits per heavy atom. The summed E-state index contributed by atoms with van der Waals surface area (Å²) in [5.74, 6) is 3.05. The highest BCUT2D eigenvalue weighted by molar-refractivity contribution is 6.36. The maximum Gasteiger partial charge on any atom is 0.179 e. The van der Waals surface area contributed by atoms with Gasteiger partial charge >= 0.3 is 0 Å². The molecule has 37 heavy (non-hydrogen) atoms. The van der Waals surface area contributed by atoms with E-state index < -0.39 is 0 Å². The number of rotatable bonds is 10. The molecule has 7 nitrogen and oxygen atoms in total. The van der Waals surface area contributed by atoms with Crippen LogP contribution in [0, 0.1) is 6.42 Å². The number of nitrogens with zero attached hydrogens (tertiary/aromatic N) is 5. The van der Waals surface area contributed by atoms with Crippen molar-refractivity contribution in [3.8, 4) is 34.1 Å². The van der Waals surface area contributed by atoms with Crippen LogP contribution in [0.15, 0.2) is 72.9 Å². The smallest absolute Gasteiger partial charge is 0.179 e. The van der Waals surface area contributed by atoms with Crippen molar-refractivity contribution in [1.29, 1.82) is 0 Å². The van der Waals surface area contributed by atoms with Gasteiger partial charge < -0.3 is 9.30 Å². The number of hydrogen-bond acceptors (Lipinski definition) is 5. The molecule has 0 amide bonds. The van der Waals surface area contributed by atoms with Crippen LogP contribution in [0.1, 0.15) is 31.2 Å². The summed E-state index contributed by atoms with van der Waals surface area (Å²) in [6.45, 7) is 3.09. The van der Waals surface area contributed by atoms with E-state index in [9.17, 15) is 0 Å². The van der Waals surface area contributed by atoms with Crippen LogP contribution >= 0.6 is 23.2 Å². The van der Waals surface area contributed by atoms with Gasteiger partial charge in [0.1, 0.15) is 17.3 Å². The molecule has 0 unspecified atom stereocenters. The molecule has 0 fully saturated rings. The molecule has 1 radical (unpaired) electrons. The van der Waals surface area contributed by atoms with Crippen molar-refractivity contribution in [2.24, 2.45) is 0 Å². The molecule has 9 heteroatoms. The lowest BCUT2D eigenvalue weighted by molar-refractivity contribution is 0.482. The molecular formula is C28H25Cl2N6O. The van der Waals surface area contributed by atoms with Crippen molar-refractivity contribution in [3.63, 3.8) is 0 Å². The first-order valence-corrected chi connectivity index (χ1v) is 12.8. The molecule has 5 rings (SSSR count). The Kier molecular flexibility index (Phi) is 7.82. The Morgan fingerprint density at radius 3 is 2.41 bits per heavy atom. The Balaban J connectivity index is 1.24. The number of hydrogen-bond donors (Lipinski definition) is 1. The first-order valence-electron chi connectivity index (χ1n) is 12.1. The van der Waals surface area contributed by atoms with E-state index >= 15 is 0 Å². The second kappa shape index (κ2) is 11.6. The molecule has 0 aliphatic heterocycles. The van der Waals surface area contributed by atoms with Gasteiger partial charge in [0, 0.05) is 35.3 Å². The number of halogens is 2.